The summed E-state index contributed by atoms with van der Waals surface area (Å²) < 4.78 is 0. The van der Waals surface area contributed by atoms with Crippen molar-refractivity contribution in [3.05, 3.63) is 58.8 Å². The molecule has 0 radical (unpaired) electrons. The van der Waals surface area contributed by atoms with Gasteiger partial charge >= 0.3 is 0 Å². The van der Waals surface area contributed by atoms with E-state index >= 15 is 0 Å². The Bertz CT molecular complexity index is 920. The Morgan fingerprint density at radius 2 is 1.88 bits per heavy atom. The summed E-state index contributed by atoms with van der Waals surface area (Å²) in [7, 11) is 0. The van der Waals surface area contributed by atoms with E-state index in [4.69, 9.17) is 10.7 Å². The number of hydrogen-bond donors (Lipinski definition) is 3. The number of aliphatic imine (C=N–C) groups is 1. The van der Waals surface area contributed by atoms with E-state index < -0.39 is 0 Å². The van der Waals surface area contributed by atoms with Gasteiger partial charge in [-0.15, -0.1) is 24.0 Å². The van der Waals surface area contributed by atoms with Crippen LogP contribution in [0.2, 0.25) is 0 Å². The first-order valence-electron chi connectivity index (χ1n) is 11.5. The van der Waals surface area contributed by atoms with Gasteiger partial charge < -0.3 is 21.3 Å². The van der Waals surface area contributed by atoms with Crippen LogP contribution in [0.1, 0.15) is 42.0 Å². The molecular weight excluding hydrogens is 527 g/mol. The van der Waals surface area contributed by atoms with Crippen LogP contribution in [-0.4, -0.2) is 43.0 Å². The molecule has 0 unspecified atom stereocenters. The summed E-state index contributed by atoms with van der Waals surface area (Å²) in [6.07, 6.45) is 4.31. The summed E-state index contributed by atoms with van der Waals surface area (Å²) in [5, 5.41) is 6.78. The smallest absolute Gasteiger partial charge is 0.220 e. The number of aryl methyl sites for hydroxylation is 2. The van der Waals surface area contributed by atoms with E-state index in [1.54, 1.807) is 0 Å². The maximum Gasteiger partial charge on any atom is 0.220 e. The first-order valence-corrected chi connectivity index (χ1v) is 11.5. The van der Waals surface area contributed by atoms with E-state index in [-0.39, 0.29) is 35.8 Å². The van der Waals surface area contributed by atoms with Gasteiger partial charge in [-0.1, -0.05) is 35.4 Å². The van der Waals surface area contributed by atoms with E-state index in [0.29, 0.717) is 6.54 Å². The molecule has 8 heteroatoms. The Balaban J connectivity index is 0.00000385. The SMILES string of the molecule is CCNC(=NCc1cccnc1N1CCC(C(N)=O)CC1)NCCc1cc(C)cc(C)c1.I. The number of amides is 1. The second kappa shape index (κ2) is 13.4. The Hall–Kier alpha value is -2.36. The lowest BCUT2D eigenvalue weighted by Crippen LogP contribution is -2.39. The average Bonchev–Trinajstić information content (AvgIpc) is 2.77. The largest absolute Gasteiger partial charge is 0.369 e. The number of hydrogen-bond acceptors (Lipinski definition) is 4. The van der Waals surface area contributed by atoms with Crippen LogP contribution >= 0.6 is 24.0 Å². The number of halogens is 1. The summed E-state index contributed by atoms with van der Waals surface area (Å²) in [5.41, 5.74) is 10.5. The fourth-order valence-electron chi connectivity index (χ4n) is 4.26. The van der Waals surface area contributed by atoms with E-state index in [1.807, 2.05) is 12.3 Å². The minimum atomic E-state index is -0.197. The highest BCUT2D eigenvalue weighted by Gasteiger charge is 2.24. The zero-order valence-electron chi connectivity index (χ0n) is 19.9. The summed E-state index contributed by atoms with van der Waals surface area (Å²) in [6, 6.07) is 10.7. The van der Waals surface area contributed by atoms with Crippen molar-refractivity contribution in [3.63, 3.8) is 0 Å². The van der Waals surface area contributed by atoms with Gasteiger partial charge in [-0.05, 0) is 51.7 Å². The van der Waals surface area contributed by atoms with Crippen molar-refractivity contribution < 1.29 is 4.79 Å². The standard InChI is InChI=1S/C25H36N6O.HI/c1-4-27-25(29-11-7-20-15-18(2)14-19(3)16-20)30-17-22-6-5-10-28-24(22)31-12-8-21(9-13-31)23(26)32;/h5-6,10,14-16,21H,4,7-9,11-13,17H2,1-3H3,(H2,26,32)(H2,27,29,30);1H. The molecule has 0 saturated carbocycles. The number of anilines is 1. The molecule has 0 aliphatic carbocycles. The van der Waals surface area contributed by atoms with Crippen LogP contribution in [-0.2, 0) is 17.8 Å². The van der Waals surface area contributed by atoms with Crippen molar-refractivity contribution >= 4 is 41.7 Å². The number of primary amides is 1. The van der Waals surface area contributed by atoms with E-state index in [0.717, 1.165) is 62.8 Å². The maximum absolute atomic E-state index is 11.5. The van der Waals surface area contributed by atoms with Crippen molar-refractivity contribution in [2.45, 2.75) is 46.6 Å². The van der Waals surface area contributed by atoms with Crippen molar-refractivity contribution in [3.8, 4) is 0 Å². The maximum atomic E-state index is 11.5. The highest BCUT2D eigenvalue weighted by atomic mass is 127. The van der Waals surface area contributed by atoms with E-state index in [9.17, 15) is 4.79 Å². The van der Waals surface area contributed by atoms with E-state index in [2.05, 4.69) is 65.6 Å². The van der Waals surface area contributed by atoms with Crippen molar-refractivity contribution in [1.82, 2.24) is 15.6 Å². The second-order valence-corrected chi connectivity index (χ2v) is 8.52. The molecule has 33 heavy (non-hydrogen) atoms. The molecule has 3 rings (SSSR count). The molecule has 1 amide bonds. The molecule has 4 N–H and O–H groups in total. The van der Waals surface area contributed by atoms with Gasteiger partial charge in [0.05, 0.1) is 6.54 Å². The van der Waals surface area contributed by atoms with Crippen LogP contribution in [0.4, 0.5) is 5.82 Å². The second-order valence-electron chi connectivity index (χ2n) is 8.52. The number of rotatable bonds is 8. The minimum absolute atomic E-state index is 0. The van der Waals surface area contributed by atoms with Crippen molar-refractivity contribution in [1.29, 1.82) is 0 Å². The third kappa shape index (κ3) is 8.17. The fraction of sp³-hybridized carbons (Fsp3) is 0.480. The van der Waals surface area contributed by atoms with Gasteiger partial charge in [-0.2, -0.15) is 0 Å². The zero-order chi connectivity index (χ0) is 22.9. The third-order valence-electron chi connectivity index (χ3n) is 5.80. The lowest BCUT2D eigenvalue weighted by molar-refractivity contribution is -0.122. The summed E-state index contributed by atoms with van der Waals surface area (Å²) in [5.74, 6) is 1.53. The predicted octanol–water partition coefficient (Wildman–Crippen LogP) is 3.32. The van der Waals surface area contributed by atoms with Crippen LogP contribution in [0.25, 0.3) is 0 Å². The third-order valence-corrected chi connectivity index (χ3v) is 5.80. The summed E-state index contributed by atoms with van der Waals surface area (Å²) >= 11 is 0. The normalized spacial score (nSPS) is 14.5. The molecule has 1 aliphatic rings. The molecule has 1 fully saturated rings. The molecular formula is C25H37IN6O. The van der Waals surface area contributed by atoms with Crippen LogP contribution in [0.5, 0.6) is 0 Å². The molecule has 7 nitrogen and oxygen atoms in total. The highest BCUT2D eigenvalue weighted by Crippen LogP contribution is 2.24. The highest BCUT2D eigenvalue weighted by molar-refractivity contribution is 14.0. The number of carbonyl (C=O) groups is 1. The first-order chi connectivity index (χ1) is 15.5. The van der Waals surface area contributed by atoms with Crippen LogP contribution in [0, 0.1) is 19.8 Å². The quantitative estimate of drug-likeness (QED) is 0.260. The topological polar surface area (TPSA) is 95.6 Å². The van der Waals surface area contributed by atoms with Gasteiger partial charge in [0.1, 0.15) is 5.82 Å². The monoisotopic (exact) mass is 564 g/mol. The number of nitrogens with zero attached hydrogens (tertiary/aromatic N) is 3. The number of pyridine rings is 1. The summed E-state index contributed by atoms with van der Waals surface area (Å²) in [6.45, 7) is 10.1. The van der Waals surface area contributed by atoms with Gasteiger partial charge in [0.15, 0.2) is 5.96 Å². The number of nitrogens with two attached hydrogens (primary N) is 1. The molecule has 0 bridgehead atoms. The molecule has 0 atom stereocenters. The number of benzene rings is 1. The lowest BCUT2D eigenvalue weighted by Gasteiger charge is -2.32. The van der Waals surface area contributed by atoms with Crippen LogP contribution in [0.3, 0.4) is 0 Å². The molecule has 2 aromatic rings. The molecule has 1 aromatic carbocycles. The molecule has 1 aliphatic heterocycles. The van der Waals surface area contributed by atoms with Gasteiger partial charge in [0.2, 0.25) is 5.91 Å². The molecule has 1 saturated heterocycles. The summed E-state index contributed by atoms with van der Waals surface area (Å²) in [4.78, 5) is 23.1. The Kier molecular flexibility index (Phi) is 10.9. The average molecular weight is 565 g/mol. The van der Waals surface area contributed by atoms with Crippen molar-refractivity contribution in [2.75, 3.05) is 31.1 Å². The van der Waals surface area contributed by atoms with Gasteiger partial charge in [-0.25, -0.2) is 9.98 Å². The number of guanidine groups is 1. The first kappa shape index (κ1) is 26.9. The molecule has 2 heterocycles. The van der Waals surface area contributed by atoms with Gasteiger partial charge in [-0.3, -0.25) is 4.79 Å². The molecule has 180 valence electrons. The van der Waals surface area contributed by atoms with Gasteiger partial charge in [0, 0.05) is 43.9 Å². The van der Waals surface area contributed by atoms with Gasteiger partial charge in [0.25, 0.3) is 0 Å². The Morgan fingerprint density at radius 3 is 2.52 bits per heavy atom. The Labute approximate surface area is 214 Å². The molecule has 0 spiro atoms. The fourth-order valence-corrected chi connectivity index (χ4v) is 4.26. The van der Waals surface area contributed by atoms with Crippen LogP contribution < -0.4 is 21.3 Å². The van der Waals surface area contributed by atoms with Crippen LogP contribution in [0.15, 0.2) is 41.5 Å². The van der Waals surface area contributed by atoms with E-state index in [1.165, 1.54) is 16.7 Å². The number of piperidine rings is 1. The lowest BCUT2D eigenvalue weighted by atomic mass is 9.96. The number of nitrogens with one attached hydrogen (secondary N) is 2. The van der Waals surface area contributed by atoms with Crippen molar-refractivity contribution in [2.24, 2.45) is 16.6 Å². The number of aromatic nitrogens is 1. The zero-order valence-corrected chi connectivity index (χ0v) is 22.3. The minimum Gasteiger partial charge on any atom is -0.369 e. The molecule has 1 aromatic heterocycles. The Morgan fingerprint density at radius 1 is 1.18 bits per heavy atom. The predicted molar refractivity (Wildman–Crippen MR) is 146 cm³/mol. The number of carbonyl (C=O) groups excluding carboxylic acids is 1.